The van der Waals surface area contributed by atoms with Gasteiger partial charge in [0.15, 0.2) is 23.1 Å². The number of aromatic hydroxyl groups is 1. The number of nitrogens with zero attached hydrogens (tertiary/aromatic N) is 1. The van der Waals surface area contributed by atoms with Gasteiger partial charge in [0.2, 0.25) is 11.8 Å². The number of alkyl halides is 6. The molecule has 0 bridgehead atoms. The Balaban J connectivity index is 1.48. The summed E-state index contributed by atoms with van der Waals surface area (Å²) in [5.74, 6) is -7.14. The van der Waals surface area contributed by atoms with Crippen LogP contribution in [-0.2, 0) is 31.5 Å². The minimum Gasteiger partial charge on any atom is -0.504 e. The first-order valence-corrected chi connectivity index (χ1v) is 13.8. The van der Waals surface area contributed by atoms with Crippen molar-refractivity contribution in [2.45, 2.75) is 38.0 Å². The third-order valence-electron chi connectivity index (χ3n) is 8.93. The quantitative estimate of drug-likeness (QED) is 0.191. The molecule has 4 atom stereocenters. The van der Waals surface area contributed by atoms with E-state index in [1.807, 2.05) is 0 Å². The van der Waals surface area contributed by atoms with Crippen molar-refractivity contribution in [1.82, 2.24) is 0 Å². The Kier molecular flexibility index (Phi) is 6.86. The summed E-state index contributed by atoms with van der Waals surface area (Å²) in [4.78, 5) is 54.7. The van der Waals surface area contributed by atoms with Gasteiger partial charge in [-0.3, -0.25) is 19.2 Å². The Morgan fingerprint density at radius 2 is 1.53 bits per heavy atom. The molecule has 6 rings (SSSR count). The zero-order valence-electron chi connectivity index (χ0n) is 23.5. The molecule has 4 unspecified atom stereocenters. The Morgan fingerprint density at radius 1 is 0.889 bits per heavy atom. The number of ketones is 2. The van der Waals surface area contributed by atoms with E-state index in [1.165, 1.54) is 38.3 Å². The lowest BCUT2D eigenvalue weighted by atomic mass is 9.59. The minimum absolute atomic E-state index is 0.0659. The van der Waals surface area contributed by atoms with Gasteiger partial charge in [0.25, 0.3) is 0 Å². The lowest BCUT2D eigenvalue weighted by Crippen LogP contribution is -2.39. The number of hydrogen-bond acceptors (Lipinski definition) is 6. The van der Waals surface area contributed by atoms with Gasteiger partial charge in [-0.15, -0.1) is 0 Å². The Bertz CT molecular complexity index is 1770. The van der Waals surface area contributed by atoms with E-state index in [0.29, 0.717) is 28.2 Å². The third-order valence-corrected chi connectivity index (χ3v) is 8.93. The topological polar surface area (TPSA) is 101 Å². The maximum absolute atomic E-state index is 14.0. The summed E-state index contributed by atoms with van der Waals surface area (Å²) in [6.07, 6.45) is -7.83. The highest BCUT2D eigenvalue weighted by atomic mass is 19.4. The fourth-order valence-electron chi connectivity index (χ4n) is 6.94. The molecule has 13 heteroatoms. The summed E-state index contributed by atoms with van der Waals surface area (Å²) in [5, 5.41) is 10.2. The van der Waals surface area contributed by atoms with Gasteiger partial charge in [0.05, 0.1) is 35.8 Å². The number of benzene rings is 2. The van der Waals surface area contributed by atoms with Crippen LogP contribution in [0.2, 0.25) is 0 Å². The number of methoxy groups -OCH3 is 1. The van der Waals surface area contributed by atoms with Crippen molar-refractivity contribution in [1.29, 1.82) is 0 Å². The fourth-order valence-corrected chi connectivity index (χ4v) is 6.94. The molecule has 234 valence electrons. The number of Topliss-reactive ketones (excluding diaryl/α,β-unsaturated/α-hetero) is 1. The predicted molar refractivity (Wildman–Crippen MR) is 145 cm³/mol. The van der Waals surface area contributed by atoms with Crippen molar-refractivity contribution in [3.63, 3.8) is 0 Å². The lowest BCUT2D eigenvalue weighted by molar-refractivity contribution is -0.143. The van der Waals surface area contributed by atoms with E-state index in [2.05, 4.69) is 0 Å². The molecule has 3 aliphatic carbocycles. The maximum Gasteiger partial charge on any atom is 0.416 e. The van der Waals surface area contributed by atoms with Gasteiger partial charge in [0.1, 0.15) is 0 Å². The molecule has 1 N–H and O–H groups in total. The van der Waals surface area contributed by atoms with Gasteiger partial charge in [-0.25, -0.2) is 4.90 Å². The van der Waals surface area contributed by atoms with Crippen LogP contribution < -0.4 is 9.64 Å². The van der Waals surface area contributed by atoms with Crippen LogP contribution in [0.3, 0.4) is 0 Å². The van der Waals surface area contributed by atoms with E-state index in [4.69, 9.17) is 4.74 Å². The van der Waals surface area contributed by atoms with Crippen LogP contribution >= 0.6 is 0 Å². The van der Waals surface area contributed by atoms with Crippen LogP contribution in [0.5, 0.6) is 11.5 Å². The number of amides is 2. The number of allylic oxidation sites excluding steroid dienone is 6. The fraction of sp³-hybridized carbons (Fsp3) is 0.312. The van der Waals surface area contributed by atoms with Crippen molar-refractivity contribution in [3.05, 3.63) is 87.5 Å². The zero-order valence-corrected chi connectivity index (χ0v) is 23.5. The molecule has 1 fully saturated rings. The Labute approximate surface area is 251 Å². The molecule has 2 aromatic rings. The monoisotopic (exact) mass is 631 g/mol. The maximum atomic E-state index is 14.0. The first-order valence-electron chi connectivity index (χ1n) is 13.8. The van der Waals surface area contributed by atoms with Crippen molar-refractivity contribution in [2.24, 2.45) is 17.8 Å². The molecule has 2 aromatic carbocycles. The van der Waals surface area contributed by atoms with E-state index in [0.717, 1.165) is 0 Å². The number of fused-ring (bicyclic) bond motifs is 3. The van der Waals surface area contributed by atoms with Crippen LogP contribution in [0, 0.1) is 17.8 Å². The summed E-state index contributed by atoms with van der Waals surface area (Å²) in [6.45, 7) is 1.48. The number of ether oxygens (including phenoxy) is 1. The summed E-state index contributed by atoms with van der Waals surface area (Å²) in [5.41, 5.74) is -2.83. The number of hydrogen-bond donors (Lipinski definition) is 1. The molecule has 0 aromatic heterocycles. The highest BCUT2D eigenvalue weighted by molar-refractivity contribution is 6.25. The number of imide groups is 1. The molecule has 1 heterocycles. The second-order valence-electron chi connectivity index (χ2n) is 11.4. The van der Waals surface area contributed by atoms with Gasteiger partial charge in [-0.2, -0.15) is 26.3 Å². The number of halogens is 6. The molecule has 45 heavy (non-hydrogen) atoms. The molecule has 1 aliphatic heterocycles. The number of phenols is 1. The van der Waals surface area contributed by atoms with Crippen LogP contribution in [0.15, 0.2) is 70.8 Å². The molecule has 0 saturated carbocycles. The number of phenolic OH excluding ortho intramolecular Hbond substituents is 1. The van der Waals surface area contributed by atoms with Gasteiger partial charge < -0.3 is 9.84 Å². The van der Waals surface area contributed by atoms with Crippen molar-refractivity contribution in [3.8, 4) is 11.5 Å². The first kappa shape index (κ1) is 30.4. The first-order chi connectivity index (χ1) is 21.0. The minimum atomic E-state index is -5.20. The summed E-state index contributed by atoms with van der Waals surface area (Å²) in [6, 6.07) is 4.90. The summed E-state index contributed by atoms with van der Waals surface area (Å²) < 4.78 is 86.9. The van der Waals surface area contributed by atoms with Crippen molar-refractivity contribution < 1.29 is 55.4 Å². The zero-order chi connectivity index (χ0) is 32.7. The highest BCUT2D eigenvalue weighted by Crippen LogP contribution is 2.56. The van der Waals surface area contributed by atoms with E-state index < -0.39 is 76.2 Å². The molecule has 7 nitrogen and oxygen atoms in total. The third kappa shape index (κ3) is 4.75. The van der Waals surface area contributed by atoms with Crippen molar-refractivity contribution >= 4 is 29.1 Å². The average Bonchev–Trinajstić information content (AvgIpc) is 3.23. The predicted octanol–water partition coefficient (Wildman–Crippen LogP) is 6.07. The number of anilines is 1. The van der Waals surface area contributed by atoms with E-state index in [-0.39, 0.29) is 47.1 Å². The molecule has 4 aliphatic rings. The van der Waals surface area contributed by atoms with Crippen LogP contribution in [-0.4, -0.2) is 35.6 Å². The molecular formula is C32H23F6NO6. The Hall–Kier alpha value is -4.68. The molecule has 0 spiro atoms. The molecule has 1 saturated heterocycles. The molecule has 2 amide bonds. The SMILES string of the molecule is COc1cc(C2C3=CCC4C(=O)N(c5cc(C(F)(F)F)cc(C(F)(F)F)c5)C(=O)C4C3CC3=C2C(=O)C(C)=CC3=O)ccc1O. The van der Waals surface area contributed by atoms with Crippen LogP contribution in [0.4, 0.5) is 32.0 Å². The van der Waals surface area contributed by atoms with Crippen molar-refractivity contribution in [2.75, 3.05) is 12.0 Å². The average molecular weight is 632 g/mol. The largest absolute Gasteiger partial charge is 0.504 e. The van der Waals surface area contributed by atoms with Gasteiger partial charge in [-0.05, 0) is 67.7 Å². The number of carbonyl (C=O) groups is 4. The van der Waals surface area contributed by atoms with E-state index >= 15 is 0 Å². The van der Waals surface area contributed by atoms with E-state index in [1.54, 1.807) is 6.08 Å². The molecular weight excluding hydrogens is 608 g/mol. The second kappa shape index (κ2) is 10.2. The van der Waals surface area contributed by atoms with Crippen LogP contribution in [0.25, 0.3) is 0 Å². The number of carbonyl (C=O) groups excluding carboxylic acids is 4. The normalized spacial score (nSPS) is 25.1. The van der Waals surface area contributed by atoms with E-state index in [9.17, 15) is 50.6 Å². The smallest absolute Gasteiger partial charge is 0.416 e. The second-order valence-corrected chi connectivity index (χ2v) is 11.4. The summed E-state index contributed by atoms with van der Waals surface area (Å²) in [7, 11) is 1.31. The summed E-state index contributed by atoms with van der Waals surface area (Å²) >= 11 is 0. The van der Waals surface area contributed by atoms with Gasteiger partial charge in [0, 0.05) is 22.6 Å². The Morgan fingerprint density at radius 3 is 2.13 bits per heavy atom. The van der Waals surface area contributed by atoms with Gasteiger partial charge in [-0.1, -0.05) is 17.7 Å². The standard InChI is InChI=1S/C32H23F6NO6/c1-13-7-23(41)21-12-20-18(25(27(21)28(13)42)14-3-6-22(40)24(8-14)45-2)4-5-19-26(20)30(44)39(29(19)43)17-10-15(31(33,34)35)9-16(11-17)32(36,37)38/h3-4,6-11,19-20,25-26,40H,5,12H2,1-2H3. The lowest BCUT2D eigenvalue weighted by Gasteiger charge is -2.42. The molecule has 0 radical (unpaired) electrons. The highest BCUT2D eigenvalue weighted by Gasteiger charge is 2.57. The van der Waals surface area contributed by atoms with Gasteiger partial charge >= 0.3 is 12.4 Å². The number of rotatable bonds is 3. The van der Waals surface area contributed by atoms with Crippen LogP contribution in [0.1, 0.15) is 42.4 Å².